The Bertz CT molecular complexity index is 805. The zero-order valence-corrected chi connectivity index (χ0v) is 14.7. The molecule has 0 N–H and O–H groups in total. The lowest BCUT2D eigenvalue weighted by atomic mass is 10.1. The smallest absolute Gasteiger partial charge is 0.325 e. The van der Waals surface area contributed by atoms with E-state index in [1.54, 1.807) is 26.0 Å². The van der Waals surface area contributed by atoms with Gasteiger partial charge in [0.15, 0.2) is 0 Å². The maximum absolute atomic E-state index is 13.0. The van der Waals surface area contributed by atoms with Crippen molar-refractivity contribution in [3.05, 3.63) is 75.3 Å². The van der Waals surface area contributed by atoms with Crippen LogP contribution in [0.4, 0.5) is 5.69 Å². The van der Waals surface area contributed by atoms with Gasteiger partial charge in [0.05, 0.1) is 11.5 Å². The van der Waals surface area contributed by atoms with Crippen LogP contribution in [0.1, 0.15) is 28.4 Å². The van der Waals surface area contributed by atoms with Crippen molar-refractivity contribution in [2.45, 2.75) is 20.4 Å². The second-order valence-corrected chi connectivity index (χ2v) is 5.68. The predicted molar refractivity (Wildman–Crippen MR) is 95.6 cm³/mol. The summed E-state index contributed by atoms with van der Waals surface area (Å²) in [7, 11) is 0. The third-order valence-electron chi connectivity index (χ3n) is 3.78. The molecule has 1 amide bonds. The lowest BCUT2D eigenvalue weighted by Gasteiger charge is -2.22. The molecule has 2 aromatic carbocycles. The number of carbonyl (C=O) groups excluding carboxylic acids is 2. The summed E-state index contributed by atoms with van der Waals surface area (Å²) in [5.41, 5.74) is 0.895. The third-order valence-corrected chi connectivity index (χ3v) is 3.78. The van der Waals surface area contributed by atoms with Gasteiger partial charge in [-0.05, 0) is 25.5 Å². The van der Waals surface area contributed by atoms with E-state index in [1.165, 1.54) is 11.0 Å². The Morgan fingerprint density at radius 1 is 1.12 bits per heavy atom. The molecule has 0 saturated carbocycles. The number of aryl methyl sites for hydroxylation is 1. The molecule has 7 nitrogen and oxygen atoms in total. The topological polar surface area (TPSA) is 89.8 Å². The van der Waals surface area contributed by atoms with E-state index < -0.39 is 16.8 Å². The van der Waals surface area contributed by atoms with Crippen LogP contribution in [0.25, 0.3) is 0 Å². The van der Waals surface area contributed by atoms with Crippen LogP contribution >= 0.6 is 0 Å². The number of nitrogens with zero attached hydrogens (tertiary/aromatic N) is 2. The van der Waals surface area contributed by atoms with E-state index in [2.05, 4.69) is 0 Å². The highest BCUT2D eigenvalue weighted by Gasteiger charge is 2.28. The molecule has 0 aromatic heterocycles. The van der Waals surface area contributed by atoms with Gasteiger partial charge in [-0.25, -0.2) is 0 Å². The summed E-state index contributed by atoms with van der Waals surface area (Å²) >= 11 is 0. The molecule has 0 aliphatic carbocycles. The quantitative estimate of drug-likeness (QED) is 0.432. The number of hydrogen-bond donors (Lipinski definition) is 0. The van der Waals surface area contributed by atoms with E-state index in [9.17, 15) is 19.7 Å². The van der Waals surface area contributed by atoms with Crippen molar-refractivity contribution >= 4 is 17.6 Å². The molecule has 0 atom stereocenters. The van der Waals surface area contributed by atoms with Gasteiger partial charge >= 0.3 is 5.97 Å². The van der Waals surface area contributed by atoms with Crippen molar-refractivity contribution in [2.75, 3.05) is 13.2 Å². The third kappa shape index (κ3) is 4.66. The van der Waals surface area contributed by atoms with Gasteiger partial charge in [0.1, 0.15) is 12.1 Å². The highest BCUT2D eigenvalue weighted by molar-refractivity contribution is 6.00. The second kappa shape index (κ2) is 8.75. The first-order valence-corrected chi connectivity index (χ1v) is 8.16. The number of esters is 1. The Hall–Kier alpha value is -3.22. The molecule has 0 saturated heterocycles. The number of hydrogen-bond acceptors (Lipinski definition) is 5. The molecule has 0 unspecified atom stereocenters. The number of benzene rings is 2. The number of nitro groups is 1. The van der Waals surface area contributed by atoms with Crippen LogP contribution in [0.15, 0.2) is 48.5 Å². The zero-order chi connectivity index (χ0) is 19.1. The monoisotopic (exact) mass is 356 g/mol. The lowest BCUT2D eigenvalue weighted by Crippen LogP contribution is -2.36. The predicted octanol–water partition coefficient (Wildman–Crippen LogP) is 3.11. The first kappa shape index (κ1) is 19.1. The molecule has 0 fully saturated rings. The van der Waals surface area contributed by atoms with Crippen LogP contribution < -0.4 is 0 Å². The van der Waals surface area contributed by atoms with E-state index in [0.29, 0.717) is 5.56 Å². The average molecular weight is 356 g/mol. The Morgan fingerprint density at radius 2 is 1.81 bits per heavy atom. The SMILES string of the molecule is CCOC(=O)CN(Cc1ccccc1)C(=O)c1cccc(C)c1[N+](=O)[O-]. The summed E-state index contributed by atoms with van der Waals surface area (Å²) in [6, 6.07) is 13.7. The Balaban J connectivity index is 2.38. The minimum Gasteiger partial charge on any atom is -0.465 e. The van der Waals surface area contributed by atoms with E-state index >= 15 is 0 Å². The minimum absolute atomic E-state index is 0.0461. The maximum Gasteiger partial charge on any atom is 0.325 e. The summed E-state index contributed by atoms with van der Waals surface area (Å²) in [4.78, 5) is 37.0. The number of rotatable bonds is 7. The highest BCUT2D eigenvalue weighted by Crippen LogP contribution is 2.25. The summed E-state index contributed by atoms with van der Waals surface area (Å²) in [6.45, 7) is 3.29. The molecule has 0 aliphatic heterocycles. The van der Waals surface area contributed by atoms with Crippen molar-refractivity contribution in [2.24, 2.45) is 0 Å². The summed E-state index contributed by atoms with van der Waals surface area (Å²) in [5, 5.41) is 11.4. The molecule has 0 aliphatic rings. The van der Waals surface area contributed by atoms with Crippen molar-refractivity contribution < 1.29 is 19.2 Å². The molecule has 2 aromatic rings. The summed E-state index contributed by atoms with van der Waals surface area (Å²) in [5.74, 6) is -1.15. The fourth-order valence-electron chi connectivity index (χ4n) is 2.61. The van der Waals surface area contributed by atoms with Gasteiger partial charge < -0.3 is 9.64 Å². The molecule has 0 spiro atoms. The largest absolute Gasteiger partial charge is 0.465 e. The van der Waals surface area contributed by atoms with Crippen LogP contribution in [0.2, 0.25) is 0 Å². The fraction of sp³-hybridized carbons (Fsp3) is 0.263. The second-order valence-electron chi connectivity index (χ2n) is 5.68. The molecule has 0 radical (unpaired) electrons. The first-order chi connectivity index (χ1) is 12.4. The minimum atomic E-state index is -0.586. The van der Waals surface area contributed by atoms with Crippen molar-refractivity contribution in [1.29, 1.82) is 0 Å². The lowest BCUT2D eigenvalue weighted by molar-refractivity contribution is -0.385. The van der Waals surface area contributed by atoms with E-state index in [0.717, 1.165) is 5.56 Å². The van der Waals surface area contributed by atoms with Crippen molar-refractivity contribution in [3.8, 4) is 0 Å². The van der Waals surface area contributed by atoms with E-state index in [4.69, 9.17) is 4.74 Å². The molecular weight excluding hydrogens is 336 g/mol. The molecule has 0 bridgehead atoms. The average Bonchev–Trinajstić information content (AvgIpc) is 2.61. The van der Waals surface area contributed by atoms with Crippen molar-refractivity contribution in [1.82, 2.24) is 4.90 Å². The molecule has 136 valence electrons. The summed E-state index contributed by atoms with van der Waals surface area (Å²) < 4.78 is 4.93. The van der Waals surface area contributed by atoms with Crippen LogP contribution in [-0.4, -0.2) is 34.9 Å². The van der Waals surface area contributed by atoms with Gasteiger partial charge in [-0.15, -0.1) is 0 Å². The maximum atomic E-state index is 13.0. The Kier molecular flexibility index (Phi) is 6.43. The first-order valence-electron chi connectivity index (χ1n) is 8.16. The number of ether oxygens (including phenoxy) is 1. The molecule has 7 heteroatoms. The summed E-state index contributed by atoms with van der Waals surface area (Å²) in [6.07, 6.45) is 0. The number of carbonyl (C=O) groups is 2. The number of nitro benzene ring substituents is 1. The van der Waals surface area contributed by atoms with E-state index in [1.807, 2.05) is 30.3 Å². The molecular formula is C19H20N2O5. The van der Waals surface area contributed by atoms with Gasteiger partial charge in [0.25, 0.3) is 11.6 Å². The molecule has 0 heterocycles. The van der Waals surface area contributed by atoms with Crippen LogP contribution in [-0.2, 0) is 16.1 Å². The highest BCUT2D eigenvalue weighted by atomic mass is 16.6. The van der Waals surface area contributed by atoms with Crippen molar-refractivity contribution in [3.63, 3.8) is 0 Å². The standard InChI is InChI=1S/C19H20N2O5/c1-3-26-17(22)13-20(12-15-9-5-4-6-10-15)19(23)16-11-7-8-14(2)18(16)21(24)25/h4-11H,3,12-13H2,1-2H3. The Labute approximate surface area is 151 Å². The molecule has 26 heavy (non-hydrogen) atoms. The normalized spacial score (nSPS) is 10.2. The fourth-order valence-corrected chi connectivity index (χ4v) is 2.61. The van der Waals surface area contributed by atoms with E-state index in [-0.39, 0.29) is 30.9 Å². The Morgan fingerprint density at radius 3 is 2.42 bits per heavy atom. The van der Waals surface area contributed by atoms with Gasteiger partial charge in [-0.3, -0.25) is 19.7 Å². The van der Waals surface area contributed by atoms with Gasteiger partial charge in [0.2, 0.25) is 0 Å². The van der Waals surface area contributed by atoms with Crippen LogP contribution in [0, 0.1) is 17.0 Å². The van der Waals surface area contributed by atoms with Crippen LogP contribution in [0.3, 0.4) is 0 Å². The van der Waals surface area contributed by atoms with Gasteiger partial charge in [-0.1, -0.05) is 42.5 Å². The zero-order valence-electron chi connectivity index (χ0n) is 14.7. The van der Waals surface area contributed by atoms with Gasteiger partial charge in [-0.2, -0.15) is 0 Å². The number of amides is 1. The number of para-hydroxylation sites is 1. The molecule has 2 rings (SSSR count). The van der Waals surface area contributed by atoms with Crippen LogP contribution in [0.5, 0.6) is 0 Å². The van der Waals surface area contributed by atoms with Gasteiger partial charge in [0, 0.05) is 12.1 Å².